The minimum absolute atomic E-state index is 0. The Morgan fingerprint density at radius 1 is 1.03 bits per heavy atom. The number of anilines is 1. The molecule has 0 N–H and O–H groups in total. The van der Waals surface area contributed by atoms with E-state index < -0.39 is 11.7 Å². The summed E-state index contributed by atoms with van der Waals surface area (Å²) < 4.78 is 44.2. The Morgan fingerprint density at radius 3 is 2.31 bits per heavy atom. The van der Waals surface area contributed by atoms with Crippen molar-refractivity contribution in [3.8, 4) is 0 Å². The van der Waals surface area contributed by atoms with Gasteiger partial charge in [0.15, 0.2) is 0 Å². The maximum absolute atomic E-state index is 13.9. The van der Waals surface area contributed by atoms with Crippen molar-refractivity contribution < 1.29 is 22.7 Å². The smallest absolute Gasteiger partial charge is 0.381 e. The van der Waals surface area contributed by atoms with Crippen molar-refractivity contribution >= 4 is 11.6 Å². The van der Waals surface area contributed by atoms with Gasteiger partial charge < -0.3 is 19.4 Å². The molecule has 2 saturated carbocycles. The van der Waals surface area contributed by atoms with Crippen LogP contribution in [-0.2, 0) is 15.7 Å². The summed E-state index contributed by atoms with van der Waals surface area (Å²) in [5.41, 5.74) is -0.0605. The topological polar surface area (TPSA) is 36.0 Å². The number of hydrogen-bond donors (Lipinski definition) is 0. The number of carbonyl (C=O) groups is 1. The quantitative estimate of drug-likeness (QED) is 0.586. The molecule has 3 unspecified atom stereocenters. The summed E-state index contributed by atoms with van der Waals surface area (Å²) in [6.07, 6.45) is 3.18. The Labute approximate surface area is 207 Å². The number of halogens is 3. The number of hydrogen-bond acceptors (Lipinski definition) is 4. The first-order valence-electron chi connectivity index (χ1n) is 12.8. The van der Waals surface area contributed by atoms with E-state index in [0.717, 1.165) is 76.0 Å². The van der Waals surface area contributed by atoms with Gasteiger partial charge in [-0.3, -0.25) is 4.79 Å². The number of benzene rings is 1. The fourth-order valence-electron chi connectivity index (χ4n) is 7.00. The van der Waals surface area contributed by atoms with Crippen LogP contribution in [0.3, 0.4) is 0 Å². The van der Waals surface area contributed by atoms with E-state index in [4.69, 9.17) is 4.74 Å². The number of carbonyl (C=O) groups excluding carboxylic acids is 1. The van der Waals surface area contributed by atoms with Crippen LogP contribution in [0.25, 0.3) is 0 Å². The molecule has 1 amide bonds. The lowest BCUT2D eigenvalue weighted by atomic mass is 9.78. The second-order valence-corrected chi connectivity index (χ2v) is 10.7. The molecule has 4 aliphatic rings. The Morgan fingerprint density at radius 2 is 1.69 bits per heavy atom. The zero-order valence-electron chi connectivity index (χ0n) is 20.0. The van der Waals surface area contributed by atoms with E-state index in [9.17, 15) is 18.0 Å². The standard InChI is InChI=1S/C26H36F3N3O2.CH4/c1-30(21-8-15-34-16-9-21)23-17-20-3-2-10-25(20,18-23)24(33)32-13-11-31(12-14-32)22-6-4-19(5-7-22)26(27,28)29;/h4-7,20-21,23H,2-3,8-18H2,1H3;1H4. The van der Waals surface area contributed by atoms with Crippen molar-refractivity contribution in [2.45, 2.75) is 70.6 Å². The molecular formula is C27H40F3N3O2. The molecule has 4 fully saturated rings. The third kappa shape index (κ3) is 5.06. The van der Waals surface area contributed by atoms with E-state index in [1.165, 1.54) is 0 Å². The van der Waals surface area contributed by atoms with Crippen molar-refractivity contribution in [3.05, 3.63) is 29.8 Å². The van der Waals surface area contributed by atoms with Gasteiger partial charge in [0.1, 0.15) is 0 Å². The second kappa shape index (κ2) is 10.3. The summed E-state index contributed by atoms with van der Waals surface area (Å²) in [5.74, 6) is 0.796. The molecule has 5 nitrogen and oxygen atoms in total. The lowest BCUT2D eigenvalue weighted by Crippen LogP contribution is -2.53. The van der Waals surface area contributed by atoms with E-state index in [0.29, 0.717) is 50.1 Å². The number of rotatable bonds is 4. The van der Waals surface area contributed by atoms with Gasteiger partial charge in [-0.2, -0.15) is 13.2 Å². The Bertz CT molecular complexity index is 863. The predicted octanol–water partition coefficient (Wildman–Crippen LogP) is 5.05. The Hall–Kier alpha value is -1.80. The summed E-state index contributed by atoms with van der Waals surface area (Å²) in [5, 5.41) is 0. The minimum Gasteiger partial charge on any atom is -0.381 e. The first-order chi connectivity index (χ1) is 16.3. The van der Waals surface area contributed by atoms with Crippen LogP contribution < -0.4 is 4.90 Å². The molecule has 2 heterocycles. The van der Waals surface area contributed by atoms with E-state index in [1.54, 1.807) is 12.1 Å². The highest BCUT2D eigenvalue weighted by molar-refractivity contribution is 5.84. The molecule has 1 aromatic rings. The molecule has 5 rings (SSSR count). The average Bonchev–Trinajstić information content (AvgIpc) is 3.42. The molecule has 2 saturated heterocycles. The molecule has 2 aliphatic carbocycles. The van der Waals surface area contributed by atoms with Gasteiger partial charge in [-0.15, -0.1) is 0 Å². The molecule has 8 heteroatoms. The van der Waals surface area contributed by atoms with Crippen LogP contribution in [0.5, 0.6) is 0 Å². The normalized spacial score (nSPS) is 29.9. The molecule has 0 aromatic heterocycles. The fourth-order valence-corrected chi connectivity index (χ4v) is 7.00. The van der Waals surface area contributed by atoms with Crippen LogP contribution in [0.15, 0.2) is 24.3 Å². The van der Waals surface area contributed by atoms with Gasteiger partial charge in [-0.25, -0.2) is 0 Å². The first kappa shape index (κ1) is 26.3. The molecule has 0 radical (unpaired) electrons. The van der Waals surface area contributed by atoms with E-state index in [1.807, 2.05) is 4.90 Å². The van der Waals surface area contributed by atoms with Crippen molar-refractivity contribution in [1.29, 1.82) is 0 Å². The van der Waals surface area contributed by atoms with Gasteiger partial charge in [0.2, 0.25) is 5.91 Å². The fraction of sp³-hybridized carbons (Fsp3) is 0.741. The number of alkyl halides is 3. The molecule has 1 aromatic carbocycles. The summed E-state index contributed by atoms with van der Waals surface area (Å²) in [6, 6.07) is 6.38. The lowest BCUT2D eigenvalue weighted by Gasteiger charge is -2.41. The van der Waals surface area contributed by atoms with Crippen LogP contribution in [0.4, 0.5) is 18.9 Å². The zero-order chi connectivity index (χ0) is 23.9. The van der Waals surface area contributed by atoms with Gasteiger partial charge in [-0.05, 0) is 75.8 Å². The number of amides is 1. The largest absolute Gasteiger partial charge is 0.416 e. The number of ether oxygens (including phenoxy) is 1. The second-order valence-electron chi connectivity index (χ2n) is 10.7. The third-order valence-corrected chi connectivity index (χ3v) is 9.01. The number of piperazine rings is 1. The first-order valence-corrected chi connectivity index (χ1v) is 12.8. The van der Waals surface area contributed by atoms with E-state index >= 15 is 0 Å². The SMILES string of the molecule is C.CN(C1CCOCC1)C1CC2CCCC2(C(=O)N2CCN(c3ccc(C(F)(F)F)cc3)CC2)C1. The van der Waals surface area contributed by atoms with Gasteiger partial charge in [-0.1, -0.05) is 13.8 Å². The highest BCUT2D eigenvalue weighted by atomic mass is 19.4. The van der Waals surface area contributed by atoms with Crippen molar-refractivity contribution in [1.82, 2.24) is 9.80 Å². The highest BCUT2D eigenvalue weighted by Gasteiger charge is 2.57. The van der Waals surface area contributed by atoms with Crippen molar-refractivity contribution in [2.24, 2.45) is 11.3 Å². The third-order valence-electron chi connectivity index (χ3n) is 9.01. The highest BCUT2D eigenvalue weighted by Crippen LogP contribution is 2.56. The maximum atomic E-state index is 13.9. The molecule has 0 bridgehead atoms. The lowest BCUT2D eigenvalue weighted by molar-refractivity contribution is -0.144. The van der Waals surface area contributed by atoms with Crippen LogP contribution in [0.1, 0.15) is 57.9 Å². The van der Waals surface area contributed by atoms with E-state index in [2.05, 4.69) is 16.8 Å². The van der Waals surface area contributed by atoms with Crippen LogP contribution in [0, 0.1) is 11.3 Å². The maximum Gasteiger partial charge on any atom is 0.416 e. The van der Waals surface area contributed by atoms with Crippen molar-refractivity contribution in [2.75, 3.05) is 51.3 Å². The van der Waals surface area contributed by atoms with Crippen LogP contribution >= 0.6 is 0 Å². The summed E-state index contributed by atoms with van der Waals surface area (Å²) in [7, 11) is 2.24. The average molecular weight is 496 g/mol. The predicted molar refractivity (Wildman–Crippen MR) is 131 cm³/mol. The minimum atomic E-state index is -4.32. The molecular weight excluding hydrogens is 455 g/mol. The number of nitrogens with zero attached hydrogens (tertiary/aromatic N) is 3. The zero-order valence-corrected chi connectivity index (χ0v) is 20.0. The van der Waals surface area contributed by atoms with Gasteiger partial charge >= 0.3 is 6.18 Å². The summed E-state index contributed by atoms with van der Waals surface area (Å²) in [4.78, 5) is 20.6. The monoisotopic (exact) mass is 495 g/mol. The van der Waals surface area contributed by atoms with Crippen LogP contribution in [-0.4, -0.2) is 74.2 Å². The summed E-state index contributed by atoms with van der Waals surface area (Å²) in [6.45, 7) is 4.24. The molecule has 35 heavy (non-hydrogen) atoms. The molecule has 0 spiro atoms. The van der Waals surface area contributed by atoms with Gasteiger partial charge in [0, 0.05) is 57.2 Å². The Kier molecular flexibility index (Phi) is 7.72. The van der Waals surface area contributed by atoms with Crippen molar-refractivity contribution in [3.63, 3.8) is 0 Å². The Balaban J connectivity index is 0.00000289. The molecule has 196 valence electrons. The van der Waals surface area contributed by atoms with Crippen LogP contribution in [0.2, 0.25) is 0 Å². The molecule has 3 atom stereocenters. The van der Waals surface area contributed by atoms with Gasteiger partial charge in [0.25, 0.3) is 0 Å². The summed E-state index contributed by atoms with van der Waals surface area (Å²) >= 11 is 0. The molecule has 2 aliphatic heterocycles. The van der Waals surface area contributed by atoms with Gasteiger partial charge in [0.05, 0.1) is 11.0 Å². The number of fused-ring (bicyclic) bond motifs is 1. The van der Waals surface area contributed by atoms with E-state index in [-0.39, 0.29) is 12.8 Å².